The number of Topliss-reactive ketones (excluding diaryl/α,β-unsaturated/α-hetero) is 1. The molecule has 90 valence electrons. The number of hydrogen-bond donors (Lipinski definition) is 0. The van der Waals surface area contributed by atoms with E-state index in [9.17, 15) is 4.79 Å². The molecule has 0 bridgehead atoms. The van der Waals surface area contributed by atoms with Crippen LogP contribution in [0, 0.1) is 10.8 Å². The molecule has 0 N–H and O–H groups in total. The van der Waals surface area contributed by atoms with Crippen LogP contribution in [0.1, 0.15) is 46.0 Å². The molecule has 3 heteroatoms. The lowest BCUT2D eigenvalue weighted by Crippen LogP contribution is -2.56. The Balaban J connectivity index is 1.81. The second-order valence-electron chi connectivity index (χ2n) is 6.40. The molecule has 3 aliphatic rings. The minimum atomic E-state index is -0.364. The van der Waals surface area contributed by atoms with Gasteiger partial charge in [-0.25, -0.2) is 0 Å². The summed E-state index contributed by atoms with van der Waals surface area (Å²) in [5.41, 5.74) is 0.309. The molecule has 0 aromatic heterocycles. The zero-order valence-electron chi connectivity index (χ0n) is 10.2. The van der Waals surface area contributed by atoms with Gasteiger partial charge < -0.3 is 9.47 Å². The summed E-state index contributed by atoms with van der Waals surface area (Å²) in [6.07, 6.45) is 4.67. The fourth-order valence-electron chi connectivity index (χ4n) is 4.00. The lowest BCUT2D eigenvalue weighted by molar-refractivity contribution is -0.265. The lowest BCUT2D eigenvalue weighted by Gasteiger charge is -2.56. The molecule has 1 saturated heterocycles. The van der Waals surface area contributed by atoms with Crippen molar-refractivity contribution in [3.8, 4) is 0 Å². The topological polar surface area (TPSA) is 35.5 Å². The summed E-state index contributed by atoms with van der Waals surface area (Å²) in [7, 11) is 0. The van der Waals surface area contributed by atoms with Crippen LogP contribution in [-0.2, 0) is 14.3 Å². The first kappa shape index (κ1) is 10.7. The van der Waals surface area contributed by atoms with Gasteiger partial charge in [0.15, 0.2) is 5.79 Å². The highest BCUT2D eigenvalue weighted by atomic mass is 16.7. The van der Waals surface area contributed by atoms with Gasteiger partial charge in [0.05, 0.1) is 13.2 Å². The van der Waals surface area contributed by atoms with Crippen molar-refractivity contribution in [2.75, 3.05) is 13.2 Å². The van der Waals surface area contributed by atoms with Crippen molar-refractivity contribution in [2.45, 2.75) is 51.7 Å². The quantitative estimate of drug-likeness (QED) is 0.633. The molecule has 3 fully saturated rings. The first-order valence-electron chi connectivity index (χ1n) is 6.27. The molecule has 2 spiro atoms. The molecule has 3 rings (SSSR count). The normalized spacial score (nSPS) is 34.2. The molecular formula is C13H20O3. The maximum atomic E-state index is 11.2. The Morgan fingerprint density at radius 3 is 2.19 bits per heavy atom. The van der Waals surface area contributed by atoms with Crippen LogP contribution in [-0.4, -0.2) is 24.8 Å². The summed E-state index contributed by atoms with van der Waals surface area (Å²) in [6.45, 7) is 5.88. The van der Waals surface area contributed by atoms with Gasteiger partial charge in [0.2, 0.25) is 0 Å². The second kappa shape index (κ2) is 3.08. The Bertz CT molecular complexity index is 318. The third kappa shape index (κ3) is 1.31. The first-order valence-corrected chi connectivity index (χ1v) is 6.27. The van der Waals surface area contributed by atoms with Crippen LogP contribution in [0.15, 0.2) is 0 Å². The fraction of sp³-hybridized carbons (Fsp3) is 0.923. The van der Waals surface area contributed by atoms with E-state index in [0.29, 0.717) is 5.78 Å². The van der Waals surface area contributed by atoms with Gasteiger partial charge in [-0.2, -0.15) is 0 Å². The lowest BCUT2D eigenvalue weighted by atomic mass is 9.52. The van der Waals surface area contributed by atoms with E-state index < -0.39 is 0 Å². The van der Waals surface area contributed by atoms with Gasteiger partial charge in [0.1, 0.15) is 5.78 Å². The molecule has 0 atom stereocenters. The Labute approximate surface area is 96.5 Å². The zero-order valence-corrected chi connectivity index (χ0v) is 10.2. The summed E-state index contributed by atoms with van der Waals surface area (Å²) in [5, 5.41) is 0. The highest BCUT2D eigenvalue weighted by Gasteiger charge is 2.60. The van der Waals surface area contributed by atoms with Gasteiger partial charge >= 0.3 is 0 Å². The molecule has 1 heterocycles. The predicted molar refractivity (Wildman–Crippen MR) is 58.9 cm³/mol. The van der Waals surface area contributed by atoms with E-state index >= 15 is 0 Å². The third-order valence-electron chi connectivity index (χ3n) is 4.73. The van der Waals surface area contributed by atoms with E-state index in [1.807, 2.05) is 0 Å². The smallest absolute Gasteiger partial charge is 0.173 e. The Morgan fingerprint density at radius 2 is 1.69 bits per heavy atom. The highest BCUT2D eigenvalue weighted by molar-refractivity contribution is 5.86. The number of hydrogen-bond acceptors (Lipinski definition) is 3. The number of ether oxygens (including phenoxy) is 2. The largest absolute Gasteiger partial charge is 0.347 e. The van der Waals surface area contributed by atoms with Crippen molar-refractivity contribution in [3.05, 3.63) is 0 Å². The number of ketones is 1. The second-order valence-corrected chi connectivity index (χ2v) is 6.40. The Hall–Kier alpha value is -0.410. The summed E-state index contributed by atoms with van der Waals surface area (Å²) in [5.74, 6) is 0.0664. The van der Waals surface area contributed by atoms with Crippen molar-refractivity contribution in [1.82, 2.24) is 0 Å². The van der Waals surface area contributed by atoms with Crippen LogP contribution in [0.3, 0.4) is 0 Å². The minimum Gasteiger partial charge on any atom is -0.347 e. The van der Waals surface area contributed by atoms with Crippen molar-refractivity contribution in [2.24, 2.45) is 10.8 Å². The van der Waals surface area contributed by atoms with E-state index in [0.717, 1.165) is 45.3 Å². The maximum absolute atomic E-state index is 11.2. The Morgan fingerprint density at radius 1 is 1.06 bits per heavy atom. The van der Waals surface area contributed by atoms with Gasteiger partial charge in [-0.15, -0.1) is 0 Å². The van der Waals surface area contributed by atoms with Crippen LogP contribution in [0.2, 0.25) is 0 Å². The molecule has 0 aromatic carbocycles. The van der Waals surface area contributed by atoms with Gasteiger partial charge in [0.25, 0.3) is 0 Å². The zero-order chi connectivity index (χ0) is 11.4. The van der Waals surface area contributed by atoms with Gasteiger partial charge in [-0.1, -0.05) is 13.8 Å². The van der Waals surface area contributed by atoms with E-state index in [1.54, 1.807) is 0 Å². The maximum Gasteiger partial charge on any atom is 0.173 e. The van der Waals surface area contributed by atoms with Crippen molar-refractivity contribution in [1.29, 1.82) is 0 Å². The molecule has 0 amide bonds. The average molecular weight is 224 g/mol. The summed E-state index contributed by atoms with van der Waals surface area (Å²) in [4.78, 5) is 11.2. The van der Waals surface area contributed by atoms with Crippen LogP contribution in [0.4, 0.5) is 0 Å². The average Bonchev–Trinajstić information content (AvgIpc) is 2.59. The van der Waals surface area contributed by atoms with Gasteiger partial charge in [-0.05, 0) is 18.3 Å². The van der Waals surface area contributed by atoms with Crippen LogP contribution in [0.25, 0.3) is 0 Å². The van der Waals surface area contributed by atoms with E-state index in [-0.39, 0.29) is 16.6 Å². The van der Waals surface area contributed by atoms with Crippen molar-refractivity contribution in [3.63, 3.8) is 0 Å². The van der Waals surface area contributed by atoms with Crippen molar-refractivity contribution < 1.29 is 14.3 Å². The fourth-order valence-corrected chi connectivity index (χ4v) is 4.00. The molecule has 2 saturated carbocycles. The van der Waals surface area contributed by atoms with Crippen LogP contribution >= 0.6 is 0 Å². The summed E-state index contributed by atoms with van der Waals surface area (Å²) >= 11 is 0. The molecular weight excluding hydrogens is 204 g/mol. The number of carbonyl (C=O) groups is 1. The monoisotopic (exact) mass is 224 g/mol. The summed E-state index contributed by atoms with van der Waals surface area (Å²) < 4.78 is 11.8. The molecule has 0 radical (unpaired) electrons. The van der Waals surface area contributed by atoms with Crippen molar-refractivity contribution >= 4 is 5.78 Å². The Kier molecular flexibility index (Phi) is 2.06. The van der Waals surface area contributed by atoms with Crippen LogP contribution < -0.4 is 0 Å². The van der Waals surface area contributed by atoms with E-state index in [1.165, 1.54) is 0 Å². The first-order chi connectivity index (χ1) is 7.47. The van der Waals surface area contributed by atoms with E-state index in [4.69, 9.17) is 9.47 Å². The molecule has 2 aliphatic carbocycles. The van der Waals surface area contributed by atoms with Gasteiger partial charge in [-0.3, -0.25) is 4.79 Å². The summed E-state index contributed by atoms with van der Waals surface area (Å²) in [6, 6.07) is 0. The number of carbonyl (C=O) groups excluding carboxylic acids is 1. The van der Waals surface area contributed by atoms with Gasteiger partial charge in [0, 0.05) is 24.7 Å². The highest BCUT2D eigenvalue weighted by Crippen LogP contribution is 2.60. The molecule has 1 aliphatic heterocycles. The molecule has 3 nitrogen and oxygen atoms in total. The standard InChI is InChI=1S/C13H20O3/c1-11(2)9-12(7-10(14)8-12)3-4-13(11)15-5-6-16-13/h3-9H2,1-2H3. The molecule has 0 aromatic rings. The molecule has 16 heavy (non-hydrogen) atoms. The predicted octanol–water partition coefficient (Wildman–Crippen LogP) is 2.29. The SMILES string of the molecule is CC1(C)CC2(CCC13OCCO3)CC(=O)C2. The third-order valence-corrected chi connectivity index (χ3v) is 4.73. The molecule has 0 unspecified atom stereocenters. The minimum absolute atomic E-state index is 0.0302. The van der Waals surface area contributed by atoms with E-state index in [2.05, 4.69) is 13.8 Å². The van der Waals surface area contributed by atoms with Crippen LogP contribution in [0.5, 0.6) is 0 Å². The number of rotatable bonds is 0.